The van der Waals surface area contributed by atoms with E-state index in [2.05, 4.69) is 15.6 Å². The molecule has 0 aliphatic carbocycles. The fourth-order valence-corrected chi connectivity index (χ4v) is 3.08. The predicted octanol–water partition coefficient (Wildman–Crippen LogP) is 2.85. The maximum atomic E-state index is 12.0. The molecular formula is C14H13ClN4O2S. The normalized spacial score (nSPS) is 17.7. The molecule has 3 rings (SSSR count). The van der Waals surface area contributed by atoms with Crippen LogP contribution in [0, 0.1) is 0 Å². The summed E-state index contributed by atoms with van der Waals surface area (Å²) in [6.45, 7) is 2.24. The van der Waals surface area contributed by atoms with Gasteiger partial charge in [-0.05, 0) is 25.1 Å². The van der Waals surface area contributed by atoms with Crippen LogP contribution in [0.4, 0.5) is 16.2 Å². The number of nitrogens with zero attached hydrogens (tertiary/aromatic N) is 2. The van der Waals surface area contributed by atoms with Crippen molar-refractivity contribution in [2.24, 2.45) is 0 Å². The number of anilines is 2. The number of benzene rings is 1. The summed E-state index contributed by atoms with van der Waals surface area (Å²) < 4.78 is 0.499. The standard InChI is InChI=1S/C14H13ClN4O2S/c1-8-12(20)19(14(21)18-8)10-4-2-3-9(5-10)16-6-11-7-17-13(15)22-11/h2-5,7-8,16H,6H2,1H3,(H,18,21). The van der Waals surface area contributed by atoms with Crippen LogP contribution < -0.4 is 15.5 Å². The van der Waals surface area contributed by atoms with E-state index in [1.807, 2.05) is 6.07 Å². The number of amides is 3. The summed E-state index contributed by atoms with van der Waals surface area (Å²) in [4.78, 5) is 30.0. The Bertz CT molecular complexity index is 733. The van der Waals surface area contributed by atoms with Crippen LogP contribution in [0.25, 0.3) is 0 Å². The van der Waals surface area contributed by atoms with Gasteiger partial charge >= 0.3 is 6.03 Å². The van der Waals surface area contributed by atoms with Crippen molar-refractivity contribution in [3.05, 3.63) is 39.8 Å². The molecule has 0 saturated carbocycles. The number of aromatic nitrogens is 1. The van der Waals surface area contributed by atoms with Crippen molar-refractivity contribution >= 4 is 46.3 Å². The van der Waals surface area contributed by atoms with E-state index in [1.54, 1.807) is 31.3 Å². The van der Waals surface area contributed by atoms with Crippen LogP contribution in [0.1, 0.15) is 11.8 Å². The number of rotatable bonds is 4. The number of carbonyl (C=O) groups is 2. The van der Waals surface area contributed by atoms with Gasteiger partial charge in [0.05, 0.1) is 12.2 Å². The second-order valence-electron chi connectivity index (χ2n) is 4.83. The molecule has 1 aromatic carbocycles. The number of imide groups is 1. The summed E-state index contributed by atoms with van der Waals surface area (Å²) in [5.41, 5.74) is 1.35. The molecule has 1 aliphatic rings. The minimum absolute atomic E-state index is 0.253. The minimum Gasteiger partial charge on any atom is -0.380 e. The molecule has 1 saturated heterocycles. The first-order chi connectivity index (χ1) is 10.5. The molecule has 1 aliphatic heterocycles. The highest BCUT2D eigenvalue weighted by Gasteiger charge is 2.36. The lowest BCUT2D eigenvalue weighted by molar-refractivity contribution is -0.117. The van der Waals surface area contributed by atoms with Gasteiger partial charge in [-0.1, -0.05) is 17.7 Å². The third-order valence-electron chi connectivity index (χ3n) is 3.23. The Kier molecular flexibility index (Phi) is 4.00. The lowest BCUT2D eigenvalue weighted by Crippen LogP contribution is -2.30. The van der Waals surface area contributed by atoms with E-state index in [1.165, 1.54) is 11.3 Å². The first-order valence-electron chi connectivity index (χ1n) is 6.63. The molecule has 0 radical (unpaired) electrons. The second kappa shape index (κ2) is 5.94. The van der Waals surface area contributed by atoms with Gasteiger partial charge in [0.2, 0.25) is 0 Å². The highest BCUT2D eigenvalue weighted by molar-refractivity contribution is 7.15. The van der Waals surface area contributed by atoms with E-state index >= 15 is 0 Å². The van der Waals surface area contributed by atoms with Crippen LogP contribution in [0.3, 0.4) is 0 Å². The molecule has 0 spiro atoms. The van der Waals surface area contributed by atoms with E-state index in [0.29, 0.717) is 16.7 Å². The van der Waals surface area contributed by atoms with E-state index in [4.69, 9.17) is 11.6 Å². The molecule has 8 heteroatoms. The Morgan fingerprint density at radius 1 is 1.45 bits per heavy atom. The number of urea groups is 1. The fraction of sp³-hybridized carbons (Fsp3) is 0.214. The molecular weight excluding hydrogens is 324 g/mol. The highest BCUT2D eigenvalue weighted by atomic mass is 35.5. The molecule has 1 atom stereocenters. The van der Waals surface area contributed by atoms with Gasteiger partial charge in [0, 0.05) is 16.8 Å². The van der Waals surface area contributed by atoms with Crippen LogP contribution in [0.15, 0.2) is 30.5 Å². The van der Waals surface area contributed by atoms with Crippen molar-refractivity contribution in [1.29, 1.82) is 0 Å². The predicted molar refractivity (Wildman–Crippen MR) is 86.4 cm³/mol. The summed E-state index contributed by atoms with van der Waals surface area (Å²) in [5, 5.41) is 5.81. The van der Waals surface area contributed by atoms with Crippen LogP contribution >= 0.6 is 22.9 Å². The summed E-state index contributed by atoms with van der Waals surface area (Å²) in [6, 6.07) is 6.25. The fourth-order valence-electron chi connectivity index (χ4n) is 2.16. The van der Waals surface area contributed by atoms with Crippen LogP contribution in [-0.2, 0) is 11.3 Å². The monoisotopic (exact) mass is 336 g/mol. The van der Waals surface area contributed by atoms with Crippen molar-refractivity contribution in [3.63, 3.8) is 0 Å². The molecule has 114 valence electrons. The molecule has 2 aromatic rings. The molecule has 1 aromatic heterocycles. The van der Waals surface area contributed by atoms with Crippen LogP contribution in [0.2, 0.25) is 4.47 Å². The number of carbonyl (C=O) groups excluding carboxylic acids is 2. The van der Waals surface area contributed by atoms with Crippen molar-refractivity contribution in [2.75, 3.05) is 10.2 Å². The first kappa shape index (κ1) is 14.8. The number of hydrogen-bond donors (Lipinski definition) is 2. The Hall–Kier alpha value is -2.12. The van der Waals surface area contributed by atoms with Crippen molar-refractivity contribution in [3.8, 4) is 0 Å². The van der Waals surface area contributed by atoms with Gasteiger partial charge < -0.3 is 10.6 Å². The molecule has 6 nitrogen and oxygen atoms in total. The average molecular weight is 337 g/mol. The summed E-state index contributed by atoms with van der Waals surface area (Å²) >= 11 is 7.19. The Morgan fingerprint density at radius 3 is 2.91 bits per heavy atom. The number of halogens is 1. The molecule has 2 heterocycles. The number of hydrogen-bond acceptors (Lipinski definition) is 5. The maximum absolute atomic E-state index is 12.0. The Labute approximate surface area is 136 Å². The van der Waals surface area contributed by atoms with Gasteiger partial charge in [-0.2, -0.15) is 0 Å². The second-order valence-corrected chi connectivity index (χ2v) is 6.53. The largest absolute Gasteiger partial charge is 0.380 e. The first-order valence-corrected chi connectivity index (χ1v) is 7.82. The zero-order chi connectivity index (χ0) is 15.7. The zero-order valence-corrected chi connectivity index (χ0v) is 13.2. The maximum Gasteiger partial charge on any atom is 0.329 e. The number of nitrogens with one attached hydrogen (secondary N) is 2. The summed E-state index contributed by atoms with van der Waals surface area (Å²) in [5.74, 6) is -0.253. The van der Waals surface area contributed by atoms with Crippen molar-refractivity contribution in [2.45, 2.75) is 19.5 Å². The SMILES string of the molecule is CC1NC(=O)N(c2cccc(NCc3cnc(Cl)s3)c2)C1=O. The topological polar surface area (TPSA) is 74.3 Å². The van der Waals surface area contributed by atoms with Gasteiger partial charge in [-0.3, -0.25) is 4.79 Å². The van der Waals surface area contributed by atoms with Gasteiger partial charge in [0.1, 0.15) is 6.04 Å². The van der Waals surface area contributed by atoms with Gasteiger partial charge in [0.15, 0.2) is 4.47 Å². The lowest BCUT2D eigenvalue weighted by Gasteiger charge is -2.14. The molecule has 2 N–H and O–H groups in total. The van der Waals surface area contributed by atoms with Crippen molar-refractivity contribution < 1.29 is 9.59 Å². The van der Waals surface area contributed by atoms with Crippen LogP contribution in [0.5, 0.6) is 0 Å². The quantitative estimate of drug-likeness (QED) is 0.842. The van der Waals surface area contributed by atoms with Crippen LogP contribution in [-0.4, -0.2) is 23.0 Å². The minimum atomic E-state index is -0.497. The highest BCUT2D eigenvalue weighted by Crippen LogP contribution is 2.24. The van der Waals surface area contributed by atoms with Crippen molar-refractivity contribution in [1.82, 2.24) is 10.3 Å². The lowest BCUT2D eigenvalue weighted by atomic mass is 10.2. The van der Waals surface area contributed by atoms with Gasteiger partial charge in [-0.25, -0.2) is 14.7 Å². The third kappa shape index (κ3) is 2.90. The Balaban J connectivity index is 1.75. The summed E-state index contributed by atoms with van der Waals surface area (Å²) in [6.07, 6.45) is 1.71. The molecule has 1 fully saturated rings. The van der Waals surface area contributed by atoms with E-state index in [0.717, 1.165) is 15.5 Å². The smallest absolute Gasteiger partial charge is 0.329 e. The summed E-state index contributed by atoms with van der Waals surface area (Å²) in [7, 11) is 0. The van der Waals surface area contributed by atoms with E-state index in [9.17, 15) is 9.59 Å². The molecule has 1 unspecified atom stereocenters. The van der Waals surface area contributed by atoms with E-state index < -0.39 is 12.1 Å². The average Bonchev–Trinajstić information content (AvgIpc) is 3.01. The molecule has 3 amide bonds. The molecule has 0 bridgehead atoms. The zero-order valence-electron chi connectivity index (χ0n) is 11.7. The van der Waals surface area contributed by atoms with E-state index in [-0.39, 0.29) is 5.91 Å². The Morgan fingerprint density at radius 2 is 2.27 bits per heavy atom. The molecule has 22 heavy (non-hydrogen) atoms. The van der Waals surface area contributed by atoms with Gasteiger partial charge in [-0.15, -0.1) is 11.3 Å². The number of thiazole rings is 1. The van der Waals surface area contributed by atoms with Gasteiger partial charge in [0.25, 0.3) is 5.91 Å². The third-order valence-corrected chi connectivity index (χ3v) is 4.35.